The van der Waals surface area contributed by atoms with Gasteiger partial charge in [-0.25, -0.2) is 4.79 Å². The number of rotatable bonds is 5. The van der Waals surface area contributed by atoms with Crippen LogP contribution < -0.4 is 5.63 Å². The Morgan fingerprint density at radius 2 is 1.78 bits per heavy atom. The largest absolute Gasteiger partial charge is 0.423 e. The predicted octanol–water partition coefficient (Wildman–Crippen LogP) is 2.97. The normalized spacial score (nSPS) is 16.2. The van der Waals surface area contributed by atoms with E-state index in [0.29, 0.717) is 5.58 Å². The lowest BCUT2D eigenvalue weighted by Crippen LogP contribution is -2.45. The van der Waals surface area contributed by atoms with Gasteiger partial charge in [0.05, 0.1) is 5.69 Å². The van der Waals surface area contributed by atoms with Crippen molar-refractivity contribution in [3.8, 4) is 0 Å². The molecule has 2 aromatic heterocycles. The minimum Gasteiger partial charge on any atom is -0.423 e. The molecule has 0 saturated carbocycles. The molecule has 1 fully saturated rings. The second kappa shape index (κ2) is 7.66. The standard InChI is InChI=1S/C21H25N3O3/c1-3-16-4-5-19-17(12-21(25)26-20(19)11-16)13-23-6-8-24(9-7-23)14-18-10-15(2)27-22-18/h4-5,10-12H,3,6-9,13-14H2,1-2H3. The molecule has 3 aromatic rings. The Balaban J connectivity index is 1.43. The lowest BCUT2D eigenvalue weighted by Gasteiger charge is -2.34. The molecule has 0 spiro atoms. The smallest absolute Gasteiger partial charge is 0.336 e. The van der Waals surface area contributed by atoms with Gasteiger partial charge in [-0.2, -0.15) is 0 Å². The lowest BCUT2D eigenvalue weighted by atomic mass is 10.1. The Morgan fingerprint density at radius 1 is 1.04 bits per heavy atom. The SMILES string of the molecule is CCc1ccc2c(CN3CCN(Cc4cc(C)on4)CC3)cc(=O)oc2c1. The molecule has 6 heteroatoms. The maximum absolute atomic E-state index is 12.0. The van der Waals surface area contributed by atoms with Gasteiger partial charge in [0.25, 0.3) is 0 Å². The van der Waals surface area contributed by atoms with Crippen molar-refractivity contribution in [2.45, 2.75) is 33.4 Å². The Hall–Kier alpha value is -2.44. The predicted molar refractivity (Wildman–Crippen MR) is 104 cm³/mol. The zero-order valence-electron chi connectivity index (χ0n) is 15.9. The number of nitrogens with zero attached hydrogens (tertiary/aromatic N) is 3. The minimum absolute atomic E-state index is 0.272. The van der Waals surface area contributed by atoms with Crippen LogP contribution in [0, 0.1) is 6.92 Å². The average Bonchev–Trinajstić information content (AvgIpc) is 3.07. The van der Waals surface area contributed by atoms with E-state index in [9.17, 15) is 4.79 Å². The van der Waals surface area contributed by atoms with Gasteiger partial charge >= 0.3 is 5.63 Å². The van der Waals surface area contributed by atoms with Gasteiger partial charge in [-0.15, -0.1) is 0 Å². The fourth-order valence-electron chi connectivity index (χ4n) is 3.69. The molecular weight excluding hydrogens is 342 g/mol. The van der Waals surface area contributed by atoms with Gasteiger partial charge in [0.2, 0.25) is 0 Å². The van der Waals surface area contributed by atoms with Crippen molar-refractivity contribution in [2.24, 2.45) is 0 Å². The van der Waals surface area contributed by atoms with E-state index in [-0.39, 0.29) is 5.63 Å². The number of piperazine rings is 1. The van der Waals surface area contributed by atoms with Crippen LogP contribution in [0.2, 0.25) is 0 Å². The molecule has 0 unspecified atom stereocenters. The van der Waals surface area contributed by atoms with Gasteiger partial charge in [0.1, 0.15) is 11.3 Å². The zero-order valence-corrected chi connectivity index (χ0v) is 15.9. The third kappa shape index (κ3) is 4.12. The van der Waals surface area contributed by atoms with Gasteiger partial charge < -0.3 is 8.94 Å². The monoisotopic (exact) mass is 367 g/mol. The van der Waals surface area contributed by atoms with Crippen LogP contribution in [0.1, 0.15) is 29.5 Å². The third-order valence-corrected chi connectivity index (χ3v) is 5.22. The number of hydrogen-bond acceptors (Lipinski definition) is 6. The number of benzene rings is 1. The van der Waals surface area contributed by atoms with Crippen molar-refractivity contribution in [3.63, 3.8) is 0 Å². The van der Waals surface area contributed by atoms with Crippen molar-refractivity contribution in [1.82, 2.24) is 15.0 Å². The van der Waals surface area contributed by atoms with E-state index in [1.54, 1.807) is 6.07 Å². The molecule has 3 heterocycles. The molecule has 27 heavy (non-hydrogen) atoms. The molecule has 0 atom stereocenters. The van der Waals surface area contributed by atoms with Gasteiger partial charge in [-0.3, -0.25) is 9.80 Å². The van der Waals surface area contributed by atoms with Gasteiger partial charge in [0, 0.05) is 56.8 Å². The molecule has 0 bridgehead atoms. The van der Waals surface area contributed by atoms with Gasteiger partial charge in [-0.05, 0) is 30.5 Å². The van der Waals surface area contributed by atoms with Crippen molar-refractivity contribution in [3.05, 3.63) is 63.3 Å². The van der Waals surface area contributed by atoms with E-state index in [2.05, 4.69) is 34.0 Å². The minimum atomic E-state index is -0.272. The van der Waals surface area contributed by atoms with Crippen molar-refractivity contribution >= 4 is 11.0 Å². The first-order valence-electron chi connectivity index (χ1n) is 9.53. The summed E-state index contributed by atoms with van der Waals surface area (Å²) in [5.41, 5.74) is 3.63. The summed E-state index contributed by atoms with van der Waals surface area (Å²) in [6, 6.07) is 9.81. The lowest BCUT2D eigenvalue weighted by molar-refractivity contribution is 0.120. The summed E-state index contributed by atoms with van der Waals surface area (Å²) in [4.78, 5) is 16.8. The third-order valence-electron chi connectivity index (χ3n) is 5.22. The fourth-order valence-corrected chi connectivity index (χ4v) is 3.69. The van der Waals surface area contributed by atoms with Crippen LogP contribution in [0.15, 0.2) is 44.1 Å². The van der Waals surface area contributed by atoms with E-state index in [0.717, 1.165) is 68.1 Å². The Bertz CT molecular complexity index is 984. The van der Waals surface area contributed by atoms with Crippen LogP contribution >= 0.6 is 0 Å². The first-order valence-corrected chi connectivity index (χ1v) is 9.53. The summed E-state index contributed by atoms with van der Waals surface area (Å²) in [7, 11) is 0. The number of aromatic nitrogens is 1. The molecule has 4 rings (SSSR count). The molecule has 1 aromatic carbocycles. The number of aryl methyl sites for hydroxylation is 2. The topological polar surface area (TPSA) is 62.7 Å². The van der Waals surface area contributed by atoms with Crippen molar-refractivity contribution < 1.29 is 8.94 Å². The molecule has 0 N–H and O–H groups in total. The molecule has 0 amide bonds. The summed E-state index contributed by atoms with van der Waals surface area (Å²) in [6.45, 7) is 9.49. The van der Waals surface area contributed by atoms with Crippen molar-refractivity contribution in [2.75, 3.05) is 26.2 Å². The highest BCUT2D eigenvalue weighted by molar-refractivity contribution is 5.80. The number of fused-ring (bicyclic) bond motifs is 1. The second-order valence-electron chi connectivity index (χ2n) is 7.26. The molecule has 0 aliphatic carbocycles. The number of hydrogen-bond donors (Lipinski definition) is 0. The highest BCUT2D eigenvalue weighted by Crippen LogP contribution is 2.21. The molecule has 1 saturated heterocycles. The fraction of sp³-hybridized carbons (Fsp3) is 0.429. The molecule has 0 radical (unpaired) electrons. The van der Waals surface area contributed by atoms with Crippen LogP contribution in [0.3, 0.4) is 0 Å². The first kappa shape index (κ1) is 17.9. The van der Waals surface area contributed by atoms with E-state index in [1.807, 2.05) is 19.1 Å². The Morgan fingerprint density at radius 3 is 2.44 bits per heavy atom. The average molecular weight is 367 g/mol. The van der Waals surface area contributed by atoms with Crippen molar-refractivity contribution in [1.29, 1.82) is 0 Å². The summed E-state index contributed by atoms with van der Waals surface area (Å²) >= 11 is 0. The summed E-state index contributed by atoms with van der Waals surface area (Å²) in [6.07, 6.45) is 0.927. The van der Waals surface area contributed by atoms with Crippen LogP contribution in [0.4, 0.5) is 0 Å². The second-order valence-corrected chi connectivity index (χ2v) is 7.26. The van der Waals surface area contributed by atoms with Crippen LogP contribution in [0.25, 0.3) is 11.0 Å². The summed E-state index contributed by atoms with van der Waals surface area (Å²) in [5, 5.41) is 5.11. The highest BCUT2D eigenvalue weighted by atomic mass is 16.5. The van der Waals surface area contributed by atoms with Crippen LogP contribution in [0.5, 0.6) is 0 Å². The van der Waals surface area contributed by atoms with E-state index in [4.69, 9.17) is 8.94 Å². The quantitative estimate of drug-likeness (QED) is 0.646. The maximum atomic E-state index is 12.0. The summed E-state index contributed by atoms with van der Waals surface area (Å²) in [5.74, 6) is 0.852. The molecule has 1 aliphatic heterocycles. The van der Waals surface area contributed by atoms with Crippen LogP contribution in [-0.4, -0.2) is 41.1 Å². The van der Waals surface area contributed by atoms with E-state index < -0.39 is 0 Å². The molecule has 6 nitrogen and oxygen atoms in total. The molecule has 1 aliphatic rings. The first-order chi connectivity index (χ1) is 13.1. The Kier molecular flexibility index (Phi) is 5.09. The summed E-state index contributed by atoms with van der Waals surface area (Å²) < 4.78 is 10.6. The highest BCUT2D eigenvalue weighted by Gasteiger charge is 2.19. The van der Waals surface area contributed by atoms with E-state index in [1.165, 1.54) is 5.56 Å². The Labute approximate surface area is 158 Å². The molecule has 142 valence electrons. The van der Waals surface area contributed by atoms with Crippen LogP contribution in [-0.2, 0) is 19.5 Å². The van der Waals surface area contributed by atoms with E-state index >= 15 is 0 Å². The maximum Gasteiger partial charge on any atom is 0.336 e. The zero-order chi connectivity index (χ0) is 18.8. The molecular formula is C21H25N3O3. The van der Waals surface area contributed by atoms with Gasteiger partial charge in [-0.1, -0.05) is 24.2 Å². The van der Waals surface area contributed by atoms with Gasteiger partial charge in [0.15, 0.2) is 0 Å².